The highest BCUT2D eigenvalue weighted by Crippen LogP contribution is 2.48. The number of hydrogen-bond donors (Lipinski definition) is 0. The average Bonchev–Trinajstić information content (AvgIpc) is 4.19. The summed E-state index contributed by atoms with van der Waals surface area (Å²) in [6.07, 6.45) is 0. The van der Waals surface area contributed by atoms with Gasteiger partial charge in [0.25, 0.3) is 0 Å². The Labute approximate surface area is 413 Å². The van der Waals surface area contributed by atoms with E-state index in [1.165, 1.54) is 71.3 Å². The molecule has 70 heavy (non-hydrogen) atoms. The number of aromatic nitrogens is 4. The monoisotopic (exact) mass is 944 g/mol. The lowest BCUT2D eigenvalue weighted by Gasteiger charge is -2.21. The van der Waals surface area contributed by atoms with Crippen molar-refractivity contribution >= 4 is 116 Å². The van der Waals surface area contributed by atoms with E-state index in [4.69, 9.17) is 15.0 Å². The zero-order valence-electron chi connectivity index (χ0n) is 37.3. The third kappa shape index (κ3) is 6.16. The Morgan fingerprint density at radius 2 is 0.714 bits per heavy atom. The third-order valence-corrected chi connectivity index (χ3v) is 17.3. The molecule has 0 N–H and O–H groups in total. The largest absolute Gasteiger partial charge is 0.308 e. The van der Waals surface area contributed by atoms with Crippen LogP contribution in [0, 0.1) is 0 Å². The van der Waals surface area contributed by atoms with Gasteiger partial charge in [0.2, 0.25) is 0 Å². The molecule has 0 amide bonds. The molecule has 15 aromatic rings. The van der Waals surface area contributed by atoms with Crippen LogP contribution in [0.5, 0.6) is 0 Å². The molecule has 0 bridgehead atoms. The van der Waals surface area contributed by atoms with Crippen LogP contribution in [0.4, 0.5) is 0 Å². The predicted octanol–water partition coefficient (Wildman–Crippen LogP) is 18.4. The van der Waals surface area contributed by atoms with Gasteiger partial charge in [-0.05, 0) is 71.8 Å². The van der Waals surface area contributed by atoms with Crippen LogP contribution in [0.15, 0.2) is 218 Å². The number of hydrogen-bond acceptors (Lipinski definition) is 6. The van der Waals surface area contributed by atoms with Gasteiger partial charge >= 0.3 is 0 Å². The number of rotatable bonds is 6. The van der Waals surface area contributed by atoms with Gasteiger partial charge in [0, 0.05) is 99.1 Å². The minimum absolute atomic E-state index is 0.613. The van der Waals surface area contributed by atoms with Gasteiger partial charge in [0.05, 0.1) is 16.7 Å². The highest BCUT2D eigenvalue weighted by molar-refractivity contribution is 7.26. The van der Waals surface area contributed by atoms with E-state index in [2.05, 4.69) is 223 Å². The van der Waals surface area contributed by atoms with Gasteiger partial charge < -0.3 is 4.57 Å². The van der Waals surface area contributed by atoms with Crippen LogP contribution in [0.1, 0.15) is 0 Å². The van der Waals surface area contributed by atoms with Crippen molar-refractivity contribution < 1.29 is 0 Å². The lowest BCUT2D eigenvalue weighted by molar-refractivity contribution is 1.07. The van der Waals surface area contributed by atoms with Gasteiger partial charge in [0.1, 0.15) is 0 Å². The van der Waals surface area contributed by atoms with Gasteiger partial charge in [-0.25, -0.2) is 15.0 Å². The molecule has 0 aliphatic heterocycles. The van der Waals surface area contributed by atoms with Crippen molar-refractivity contribution in [1.29, 1.82) is 0 Å². The van der Waals surface area contributed by atoms with Crippen molar-refractivity contribution in [3.63, 3.8) is 0 Å². The van der Waals surface area contributed by atoms with Gasteiger partial charge in [-0.1, -0.05) is 158 Å². The first-order chi connectivity index (χ1) is 34.7. The Balaban J connectivity index is 1.02. The maximum absolute atomic E-state index is 5.46. The fourth-order valence-electron chi connectivity index (χ4n) is 10.7. The maximum Gasteiger partial charge on any atom is 0.164 e. The molecule has 15 rings (SSSR count). The average molecular weight is 945 g/mol. The topological polar surface area (TPSA) is 43.6 Å². The van der Waals surface area contributed by atoms with Gasteiger partial charge in [-0.3, -0.25) is 0 Å². The van der Waals surface area contributed by atoms with E-state index in [1.54, 1.807) is 22.7 Å². The molecule has 0 aliphatic rings. The van der Waals surface area contributed by atoms with Crippen LogP contribution in [0.3, 0.4) is 0 Å². The second kappa shape index (κ2) is 15.6. The molecule has 10 aromatic carbocycles. The fourth-order valence-corrected chi connectivity index (χ4v) is 14.1. The van der Waals surface area contributed by atoms with Crippen molar-refractivity contribution in [2.24, 2.45) is 0 Å². The Morgan fingerprint density at radius 3 is 1.29 bits per heavy atom. The van der Waals surface area contributed by atoms with Crippen molar-refractivity contribution in [3.8, 4) is 62.1 Å². The lowest BCUT2D eigenvalue weighted by Crippen LogP contribution is -2.04. The first-order valence-electron chi connectivity index (χ1n) is 23.4. The molecule has 0 unspecified atom stereocenters. The van der Waals surface area contributed by atoms with Crippen molar-refractivity contribution in [3.05, 3.63) is 218 Å². The predicted molar refractivity (Wildman–Crippen MR) is 300 cm³/mol. The molecule has 0 atom stereocenters. The Morgan fingerprint density at radius 1 is 0.271 bits per heavy atom. The van der Waals surface area contributed by atoms with Crippen molar-refractivity contribution in [2.75, 3.05) is 0 Å². The number of benzene rings is 10. The Kier molecular flexibility index (Phi) is 8.84. The normalized spacial score (nSPS) is 12.0. The number of thiophene rings is 3. The summed E-state index contributed by atoms with van der Waals surface area (Å²) < 4.78 is 10.0. The highest BCUT2D eigenvalue weighted by atomic mass is 32.1. The van der Waals surface area contributed by atoms with Gasteiger partial charge in [0.15, 0.2) is 17.5 Å². The summed E-state index contributed by atoms with van der Waals surface area (Å²) in [5.74, 6) is 1.89. The van der Waals surface area contributed by atoms with Crippen LogP contribution in [-0.2, 0) is 0 Å². The van der Waals surface area contributed by atoms with Crippen LogP contribution in [-0.4, -0.2) is 19.5 Å². The van der Waals surface area contributed by atoms with E-state index in [0.29, 0.717) is 17.5 Å². The minimum atomic E-state index is 0.613. The zero-order chi connectivity index (χ0) is 45.9. The molecular weight excluding hydrogens is 909 g/mol. The summed E-state index contributed by atoms with van der Waals surface area (Å²) in [6.45, 7) is 0. The number of para-hydroxylation sites is 1. The summed E-state index contributed by atoms with van der Waals surface area (Å²) in [4.78, 5) is 16.2. The molecule has 4 nitrogen and oxygen atoms in total. The van der Waals surface area contributed by atoms with Crippen LogP contribution in [0.25, 0.3) is 144 Å². The molecule has 0 spiro atoms. The summed E-state index contributed by atoms with van der Waals surface area (Å²) in [7, 11) is 0. The molecule has 326 valence electrons. The number of fused-ring (bicyclic) bond motifs is 13. The summed E-state index contributed by atoms with van der Waals surface area (Å²) in [5.41, 5.74) is 10.6. The van der Waals surface area contributed by atoms with Crippen molar-refractivity contribution in [1.82, 2.24) is 19.5 Å². The second-order valence-electron chi connectivity index (χ2n) is 17.9. The molecule has 5 aromatic heterocycles. The Hall–Kier alpha value is -8.33. The van der Waals surface area contributed by atoms with Gasteiger partial charge in [-0.15, -0.1) is 34.0 Å². The molecule has 0 aliphatic carbocycles. The van der Waals surface area contributed by atoms with E-state index in [0.717, 1.165) is 55.7 Å². The third-order valence-electron chi connectivity index (χ3n) is 13.8. The fraction of sp³-hybridized carbons (Fsp3) is 0. The molecular formula is C63H36N4S3. The maximum atomic E-state index is 5.46. The SMILES string of the molecule is c1ccc(-c2cc(-c3nc(-c4ccc5c(c4)sc4ccccc45)nc(-c4ccc5c(c4)sc4ccccc45)n3)cc(-c3ccccc3)c2-n2c3ccccc3c3c4c(ccc32)sc2ccccc24)cc1. The first kappa shape index (κ1) is 39.6. The van der Waals surface area contributed by atoms with E-state index in [1.807, 2.05) is 11.3 Å². The molecule has 0 fully saturated rings. The standard InChI is InChI=1S/C63H36N4S3/c1-3-15-37(16-4-1)48-33-41(34-49(38-17-5-2-6-18-38)60(48)67-50-23-11-7-21-46(50)58-51(67)31-32-55-59(58)47-22-10-14-26-54(47)68-55)63-65-61(39-27-29-44-42-19-8-12-24-52(42)69-56(44)35-39)64-62(66-63)40-28-30-45-43-20-9-13-25-53(43)70-57(45)36-40/h1-36H. The van der Waals surface area contributed by atoms with Crippen LogP contribution in [0.2, 0.25) is 0 Å². The molecule has 5 heterocycles. The summed E-state index contributed by atoms with van der Waals surface area (Å²) in [5, 5.41) is 10.1. The first-order valence-corrected chi connectivity index (χ1v) is 25.9. The van der Waals surface area contributed by atoms with Gasteiger partial charge in [-0.2, -0.15) is 0 Å². The van der Waals surface area contributed by atoms with Crippen molar-refractivity contribution in [2.45, 2.75) is 0 Å². The van der Waals surface area contributed by atoms with Crippen LogP contribution < -0.4 is 0 Å². The summed E-state index contributed by atoms with van der Waals surface area (Å²) in [6, 6.07) is 79.2. The van der Waals surface area contributed by atoms with Crippen LogP contribution >= 0.6 is 34.0 Å². The molecule has 0 saturated carbocycles. The van der Waals surface area contributed by atoms with E-state index in [-0.39, 0.29) is 0 Å². The van der Waals surface area contributed by atoms with E-state index < -0.39 is 0 Å². The lowest BCUT2D eigenvalue weighted by atomic mass is 9.92. The summed E-state index contributed by atoms with van der Waals surface area (Å²) >= 11 is 5.48. The number of nitrogens with zero attached hydrogens (tertiary/aromatic N) is 4. The molecule has 0 saturated heterocycles. The molecule has 7 heteroatoms. The Bertz CT molecular complexity index is 4410. The minimum Gasteiger partial charge on any atom is -0.308 e. The zero-order valence-corrected chi connectivity index (χ0v) is 39.7. The smallest absolute Gasteiger partial charge is 0.164 e. The quantitative estimate of drug-likeness (QED) is 0.167. The molecule has 0 radical (unpaired) electrons. The van der Waals surface area contributed by atoms with E-state index in [9.17, 15) is 0 Å². The second-order valence-corrected chi connectivity index (χ2v) is 21.1. The van der Waals surface area contributed by atoms with E-state index >= 15 is 0 Å². The highest BCUT2D eigenvalue weighted by Gasteiger charge is 2.25.